The molecule has 2 saturated heterocycles. The highest BCUT2D eigenvalue weighted by molar-refractivity contribution is 5.93. The van der Waals surface area contributed by atoms with Crippen LogP contribution in [0.3, 0.4) is 0 Å². The van der Waals surface area contributed by atoms with E-state index in [1.807, 2.05) is 13.0 Å². The first kappa shape index (κ1) is 17.2. The van der Waals surface area contributed by atoms with Gasteiger partial charge in [0.15, 0.2) is 0 Å². The lowest BCUT2D eigenvalue weighted by Crippen LogP contribution is -2.55. The zero-order valence-corrected chi connectivity index (χ0v) is 15.3. The number of likely N-dealkylation sites (N-methyl/N-ethyl adjacent to an activating group) is 1. The van der Waals surface area contributed by atoms with Crippen molar-refractivity contribution in [2.45, 2.75) is 63.6 Å². The lowest BCUT2D eigenvalue weighted by Gasteiger charge is -2.43. The summed E-state index contributed by atoms with van der Waals surface area (Å²) in [4.78, 5) is 17.7. The van der Waals surface area contributed by atoms with Crippen LogP contribution in [-0.4, -0.2) is 40.9 Å². The SMILES string of the molecule is C=C(C)C(=O)N1[C@H](c2ccccc2)C[C@@]2(C)[C@H]1CCCCCN2C. The van der Waals surface area contributed by atoms with Crippen molar-refractivity contribution in [2.24, 2.45) is 0 Å². The van der Waals surface area contributed by atoms with Gasteiger partial charge in [0.05, 0.1) is 12.1 Å². The first-order valence-corrected chi connectivity index (χ1v) is 9.19. The third-order valence-electron chi connectivity index (χ3n) is 6.12. The molecule has 0 aliphatic carbocycles. The fraction of sp³-hybridized carbons (Fsp3) is 0.571. The Morgan fingerprint density at radius 3 is 2.58 bits per heavy atom. The maximum absolute atomic E-state index is 13.0. The minimum atomic E-state index is 0.0338. The molecule has 3 rings (SSSR count). The van der Waals surface area contributed by atoms with Gasteiger partial charge in [0.1, 0.15) is 0 Å². The van der Waals surface area contributed by atoms with Crippen molar-refractivity contribution >= 4 is 5.91 Å². The van der Waals surface area contributed by atoms with Crippen molar-refractivity contribution in [3.63, 3.8) is 0 Å². The minimum Gasteiger partial charge on any atom is -0.327 e. The molecule has 0 N–H and O–H groups in total. The highest BCUT2D eigenvalue weighted by Crippen LogP contribution is 2.48. The Morgan fingerprint density at radius 1 is 1.21 bits per heavy atom. The largest absolute Gasteiger partial charge is 0.327 e. The van der Waals surface area contributed by atoms with Gasteiger partial charge < -0.3 is 4.90 Å². The van der Waals surface area contributed by atoms with E-state index in [0.29, 0.717) is 5.57 Å². The van der Waals surface area contributed by atoms with Crippen molar-refractivity contribution in [1.82, 2.24) is 9.80 Å². The molecular weight excluding hydrogens is 296 g/mol. The number of nitrogens with zero attached hydrogens (tertiary/aromatic N) is 2. The van der Waals surface area contributed by atoms with E-state index in [4.69, 9.17) is 0 Å². The van der Waals surface area contributed by atoms with Crippen molar-refractivity contribution < 1.29 is 4.79 Å². The predicted molar refractivity (Wildman–Crippen MR) is 98.8 cm³/mol. The Bertz CT molecular complexity index is 612. The zero-order chi connectivity index (χ0) is 17.3. The third-order valence-corrected chi connectivity index (χ3v) is 6.12. The Labute approximate surface area is 146 Å². The Balaban J connectivity index is 2.05. The van der Waals surface area contributed by atoms with Crippen molar-refractivity contribution in [2.75, 3.05) is 13.6 Å². The molecule has 2 heterocycles. The second kappa shape index (κ2) is 6.72. The summed E-state index contributed by atoms with van der Waals surface area (Å²) in [6.07, 6.45) is 5.79. The monoisotopic (exact) mass is 326 g/mol. The van der Waals surface area contributed by atoms with Crippen LogP contribution in [0.4, 0.5) is 0 Å². The Kier molecular flexibility index (Phi) is 4.82. The average molecular weight is 326 g/mol. The molecule has 1 aromatic rings. The van der Waals surface area contributed by atoms with Gasteiger partial charge in [-0.05, 0) is 52.3 Å². The highest BCUT2D eigenvalue weighted by Gasteiger charge is 2.53. The summed E-state index contributed by atoms with van der Waals surface area (Å²) in [5.74, 6) is 0.117. The van der Waals surface area contributed by atoms with Crippen molar-refractivity contribution in [1.29, 1.82) is 0 Å². The van der Waals surface area contributed by atoms with E-state index >= 15 is 0 Å². The van der Waals surface area contributed by atoms with Gasteiger partial charge in [0, 0.05) is 11.1 Å². The fourth-order valence-electron chi connectivity index (χ4n) is 4.58. The highest BCUT2D eigenvalue weighted by atomic mass is 16.2. The first-order chi connectivity index (χ1) is 11.4. The number of hydrogen-bond acceptors (Lipinski definition) is 2. The maximum atomic E-state index is 13.0. The summed E-state index contributed by atoms with van der Waals surface area (Å²) < 4.78 is 0. The van der Waals surface area contributed by atoms with E-state index in [9.17, 15) is 4.79 Å². The van der Waals surface area contributed by atoms with E-state index in [0.717, 1.165) is 19.4 Å². The minimum absolute atomic E-state index is 0.0338. The number of carbonyl (C=O) groups excluding carboxylic acids is 1. The van der Waals surface area contributed by atoms with Crippen LogP contribution in [0.25, 0.3) is 0 Å². The quantitative estimate of drug-likeness (QED) is 0.762. The van der Waals surface area contributed by atoms with E-state index in [-0.39, 0.29) is 23.5 Å². The number of rotatable bonds is 2. The van der Waals surface area contributed by atoms with E-state index in [2.05, 4.69) is 54.6 Å². The van der Waals surface area contributed by atoms with Gasteiger partial charge in [-0.25, -0.2) is 0 Å². The number of fused-ring (bicyclic) bond motifs is 1. The Morgan fingerprint density at radius 2 is 1.92 bits per heavy atom. The van der Waals surface area contributed by atoms with Crippen LogP contribution in [0.15, 0.2) is 42.5 Å². The summed E-state index contributed by atoms with van der Waals surface area (Å²) in [6, 6.07) is 10.9. The maximum Gasteiger partial charge on any atom is 0.249 e. The molecule has 0 radical (unpaired) electrons. The molecule has 0 bridgehead atoms. The molecule has 130 valence electrons. The van der Waals surface area contributed by atoms with Gasteiger partial charge in [-0.1, -0.05) is 49.8 Å². The molecule has 0 aromatic heterocycles. The normalized spacial score (nSPS) is 31.2. The van der Waals surface area contributed by atoms with Crippen molar-refractivity contribution in [3.05, 3.63) is 48.0 Å². The molecule has 0 saturated carbocycles. The first-order valence-electron chi connectivity index (χ1n) is 9.19. The zero-order valence-electron chi connectivity index (χ0n) is 15.3. The number of carbonyl (C=O) groups is 1. The smallest absolute Gasteiger partial charge is 0.249 e. The van der Waals surface area contributed by atoms with E-state index in [1.165, 1.54) is 24.8 Å². The van der Waals surface area contributed by atoms with Gasteiger partial charge in [0.25, 0.3) is 0 Å². The van der Waals surface area contributed by atoms with Crippen LogP contribution in [0, 0.1) is 0 Å². The average Bonchev–Trinajstić information content (AvgIpc) is 2.86. The molecule has 3 heteroatoms. The molecule has 24 heavy (non-hydrogen) atoms. The third kappa shape index (κ3) is 2.90. The lowest BCUT2D eigenvalue weighted by atomic mass is 9.84. The second-order valence-corrected chi connectivity index (χ2v) is 7.77. The van der Waals surface area contributed by atoms with Crippen molar-refractivity contribution in [3.8, 4) is 0 Å². The van der Waals surface area contributed by atoms with Gasteiger partial charge in [-0.15, -0.1) is 0 Å². The van der Waals surface area contributed by atoms with Gasteiger partial charge in [0.2, 0.25) is 5.91 Å². The number of amides is 1. The molecule has 0 unspecified atom stereocenters. The van der Waals surface area contributed by atoms with E-state index in [1.54, 1.807) is 0 Å². The molecule has 2 aliphatic heterocycles. The summed E-state index contributed by atoms with van der Waals surface area (Å²) in [5, 5.41) is 0. The molecule has 3 nitrogen and oxygen atoms in total. The van der Waals surface area contributed by atoms with Crippen LogP contribution in [0.1, 0.15) is 57.6 Å². The molecular formula is C21H30N2O. The number of benzene rings is 1. The number of hydrogen-bond donors (Lipinski definition) is 0. The summed E-state index contributed by atoms with van der Waals surface area (Å²) in [7, 11) is 2.23. The molecule has 2 fully saturated rings. The van der Waals surface area contributed by atoms with Gasteiger partial charge in [-0.3, -0.25) is 9.69 Å². The summed E-state index contributed by atoms with van der Waals surface area (Å²) >= 11 is 0. The summed E-state index contributed by atoms with van der Waals surface area (Å²) in [6.45, 7) is 9.25. The topological polar surface area (TPSA) is 23.6 Å². The molecule has 0 spiro atoms. The Hall–Kier alpha value is -1.61. The number of likely N-dealkylation sites (tertiary alicyclic amines) is 2. The molecule has 3 atom stereocenters. The van der Waals surface area contributed by atoms with Crippen LogP contribution in [0.5, 0.6) is 0 Å². The van der Waals surface area contributed by atoms with Crippen LogP contribution in [0.2, 0.25) is 0 Å². The predicted octanol–water partition coefficient (Wildman–Crippen LogP) is 4.17. The van der Waals surface area contributed by atoms with Crippen LogP contribution < -0.4 is 0 Å². The molecule has 1 aromatic carbocycles. The van der Waals surface area contributed by atoms with Crippen LogP contribution in [-0.2, 0) is 4.79 Å². The molecule has 1 amide bonds. The van der Waals surface area contributed by atoms with Gasteiger partial charge >= 0.3 is 0 Å². The second-order valence-electron chi connectivity index (χ2n) is 7.77. The lowest BCUT2D eigenvalue weighted by molar-refractivity contribution is -0.131. The standard InChI is InChI=1S/C21H30N2O/c1-16(2)20(24)23-18(17-11-7-5-8-12-17)15-21(3)19(23)13-9-6-10-14-22(21)4/h5,7-8,11-12,18-19H,1,6,9-10,13-15H2,2-4H3/t18-,19+,21-/m0/s1. The van der Waals surface area contributed by atoms with Gasteiger partial charge in [-0.2, -0.15) is 0 Å². The fourth-order valence-corrected chi connectivity index (χ4v) is 4.58. The van der Waals surface area contributed by atoms with E-state index < -0.39 is 0 Å². The van der Waals surface area contributed by atoms with Crippen LogP contribution >= 0.6 is 0 Å². The summed E-state index contributed by atoms with van der Waals surface area (Å²) in [5.41, 5.74) is 1.92. The molecule has 2 aliphatic rings.